The Labute approximate surface area is 116 Å². The number of hydrogen-bond acceptors (Lipinski definition) is 1. The summed E-state index contributed by atoms with van der Waals surface area (Å²) < 4.78 is 26.2. The lowest BCUT2D eigenvalue weighted by atomic mass is 9.95. The van der Waals surface area contributed by atoms with Crippen LogP contribution in [0.1, 0.15) is 24.8 Å². The maximum Gasteiger partial charge on any atom is 0.231 e. The van der Waals surface area contributed by atoms with Crippen molar-refractivity contribution in [1.82, 2.24) is 0 Å². The molecule has 0 heterocycles. The third kappa shape index (κ3) is 3.41. The zero-order valence-electron chi connectivity index (χ0n) is 11.1. The highest BCUT2D eigenvalue weighted by Gasteiger charge is 2.18. The molecule has 0 aliphatic carbocycles. The van der Waals surface area contributed by atoms with Gasteiger partial charge >= 0.3 is 0 Å². The van der Waals surface area contributed by atoms with Crippen molar-refractivity contribution in [2.75, 3.05) is 5.32 Å². The Morgan fingerprint density at radius 3 is 2.25 bits per heavy atom. The molecule has 0 bridgehead atoms. The van der Waals surface area contributed by atoms with Crippen molar-refractivity contribution >= 4 is 11.6 Å². The van der Waals surface area contributed by atoms with Crippen LogP contribution < -0.4 is 5.32 Å². The Hall–Kier alpha value is -2.23. The summed E-state index contributed by atoms with van der Waals surface area (Å²) in [5.74, 6) is -2.05. The molecular weight excluding hydrogens is 260 g/mol. The number of carbonyl (C=O) groups is 1. The molecule has 1 atom stereocenters. The summed E-state index contributed by atoms with van der Waals surface area (Å²) in [6.45, 7) is 1.89. The number of rotatable bonds is 4. The molecule has 1 amide bonds. The predicted octanol–water partition coefficient (Wildman–Crippen LogP) is 4.10. The van der Waals surface area contributed by atoms with Gasteiger partial charge in [0.05, 0.1) is 5.92 Å². The molecule has 1 unspecified atom stereocenters. The number of halogens is 2. The first-order valence-electron chi connectivity index (χ1n) is 6.42. The van der Waals surface area contributed by atoms with Crippen LogP contribution in [0.2, 0.25) is 0 Å². The highest BCUT2D eigenvalue weighted by molar-refractivity contribution is 5.95. The largest absolute Gasteiger partial charge is 0.325 e. The van der Waals surface area contributed by atoms with Crippen molar-refractivity contribution in [3.05, 3.63) is 65.7 Å². The molecule has 104 valence electrons. The molecule has 2 rings (SSSR count). The third-order valence-electron chi connectivity index (χ3n) is 3.06. The molecule has 0 spiro atoms. The molecule has 0 saturated heterocycles. The molecule has 0 aliphatic rings. The van der Waals surface area contributed by atoms with Crippen molar-refractivity contribution in [3.63, 3.8) is 0 Å². The molecule has 0 aliphatic heterocycles. The molecule has 20 heavy (non-hydrogen) atoms. The number of benzene rings is 2. The summed E-state index contributed by atoms with van der Waals surface area (Å²) in [6, 6.07) is 12.3. The summed E-state index contributed by atoms with van der Waals surface area (Å²) in [5, 5.41) is 2.55. The molecule has 0 aromatic heterocycles. The Bertz CT molecular complexity index is 578. The maximum atomic E-state index is 13.1. The van der Waals surface area contributed by atoms with Crippen molar-refractivity contribution in [2.24, 2.45) is 0 Å². The fraction of sp³-hybridized carbons (Fsp3) is 0.188. The highest BCUT2D eigenvalue weighted by Crippen LogP contribution is 2.22. The highest BCUT2D eigenvalue weighted by atomic mass is 19.1. The minimum Gasteiger partial charge on any atom is -0.325 e. The first-order chi connectivity index (χ1) is 9.60. The van der Waals surface area contributed by atoms with Gasteiger partial charge in [-0.25, -0.2) is 8.78 Å². The van der Waals surface area contributed by atoms with Gasteiger partial charge in [0.2, 0.25) is 5.91 Å². The van der Waals surface area contributed by atoms with E-state index in [0.717, 1.165) is 23.8 Å². The zero-order valence-corrected chi connectivity index (χ0v) is 11.1. The monoisotopic (exact) mass is 275 g/mol. The van der Waals surface area contributed by atoms with E-state index in [4.69, 9.17) is 0 Å². The normalized spacial score (nSPS) is 11.9. The summed E-state index contributed by atoms with van der Waals surface area (Å²) in [6.07, 6.45) is 0.605. The van der Waals surface area contributed by atoms with Crippen LogP contribution in [0.25, 0.3) is 0 Å². The van der Waals surface area contributed by atoms with Gasteiger partial charge in [0.25, 0.3) is 0 Å². The summed E-state index contributed by atoms with van der Waals surface area (Å²) >= 11 is 0. The molecule has 2 nitrogen and oxygen atoms in total. The van der Waals surface area contributed by atoms with Crippen LogP contribution in [-0.2, 0) is 4.79 Å². The fourth-order valence-corrected chi connectivity index (χ4v) is 2.11. The first-order valence-corrected chi connectivity index (χ1v) is 6.42. The average molecular weight is 275 g/mol. The predicted molar refractivity (Wildman–Crippen MR) is 74.5 cm³/mol. The van der Waals surface area contributed by atoms with Crippen LogP contribution in [0.15, 0.2) is 48.5 Å². The topological polar surface area (TPSA) is 29.1 Å². The molecular formula is C16H15F2NO. The smallest absolute Gasteiger partial charge is 0.231 e. The van der Waals surface area contributed by atoms with Gasteiger partial charge in [-0.15, -0.1) is 0 Å². The zero-order chi connectivity index (χ0) is 14.5. The number of carbonyl (C=O) groups excluding carboxylic acids is 1. The van der Waals surface area contributed by atoms with Crippen LogP contribution in [0, 0.1) is 11.6 Å². The van der Waals surface area contributed by atoms with Crippen molar-refractivity contribution in [3.8, 4) is 0 Å². The quantitative estimate of drug-likeness (QED) is 0.894. The molecule has 2 aromatic rings. The number of hydrogen-bond donors (Lipinski definition) is 1. The molecule has 1 N–H and O–H groups in total. The Morgan fingerprint density at radius 2 is 1.70 bits per heavy atom. The van der Waals surface area contributed by atoms with E-state index >= 15 is 0 Å². The minimum absolute atomic E-state index is 0.127. The second kappa shape index (κ2) is 6.28. The van der Waals surface area contributed by atoms with Crippen LogP contribution in [0.4, 0.5) is 14.5 Å². The van der Waals surface area contributed by atoms with E-state index in [1.165, 1.54) is 0 Å². The molecule has 0 radical (unpaired) electrons. The van der Waals surface area contributed by atoms with Crippen molar-refractivity contribution in [2.45, 2.75) is 19.3 Å². The summed E-state index contributed by atoms with van der Waals surface area (Å²) in [7, 11) is 0. The van der Waals surface area contributed by atoms with E-state index in [9.17, 15) is 13.6 Å². The second-order valence-electron chi connectivity index (χ2n) is 4.52. The van der Waals surface area contributed by atoms with Gasteiger partial charge in [-0.3, -0.25) is 4.79 Å². The third-order valence-corrected chi connectivity index (χ3v) is 3.06. The van der Waals surface area contributed by atoms with Crippen LogP contribution in [0.3, 0.4) is 0 Å². The van der Waals surface area contributed by atoms with E-state index in [2.05, 4.69) is 5.32 Å². The molecule has 4 heteroatoms. The molecule has 2 aromatic carbocycles. The fourth-order valence-electron chi connectivity index (χ4n) is 2.11. The lowest BCUT2D eigenvalue weighted by molar-refractivity contribution is -0.117. The Balaban J connectivity index is 2.18. The van der Waals surface area contributed by atoms with Gasteiger partial charge in [-0.05, 0) is 24.1 Å². The maximum absolute atomic E-state index is 13.1. The van der Waals surface area contributed by atoms with Crippen LogP contribution in [-0.4, -0.2) is 5.91 Å². The van der Waals surface area contributed by atoms with Gasteiger partial charge in [0, 0.05) is 11.8 Å². The van der Waals surface area contributed by atoms with Gasteiger partial charge in [0.15, 0.2) is 0 Å². The number of nitrogens with one attached hydrogen (secondary N) is 1. The van der Waals surface area contributed by atoms with Crippen molar-refractivity contribution in [1.29, 1.82) is 0 Å². The van der Waals surface area contributed by atoms with Gasteiger partial charge in [0.1, 0.15) is 11.6 Å². The van der Waals surface area contributed by atoms with Gasteiger partial charge in [-0.1, -0.05) is 37.3 Å². The summed E-state index contributed by atoms with van der Waals surface area (Å²) in [5.41, 5.74) is 1.01. The molecule has 0 fully saturated rings. The van der Waals surface area contributed by atoms with E-state index in [-0.39, 0.29) is 17.5 Å². The Kier molecular flexibility index (Phi) is 4.45. The number of amides is 1. The second-order valence-corrected chi connectivity index (χ2v) is 4.52. The standard InChI is InChI=1S/C16H15F2NO/c1-2-15(11-6-4-3-5-7-11)16(20)19-14-9-12(17)8-13(18)10-14/h3-10,15H,2H2,1H3,(H,19,20). The van der Waals surface area contributed by atoms with E-state index in [1.54, 1.807) is 0 Å². The minimum atomic E-state index is -0.715. The molecule has 0 saturated carbocycles. The van der Waals surface area contributed by atoms with Gasteiger partial charge in [-0.2, -0.15) is 0 Å². The van der Waals surface area contributed by atoms with E-state index in [1.807, 2.05) is 37.3 Å². The average Bonchev–Trinajstić information content (AvgIpc) is 2.39. The van der Waals surface area contributed by atoms with E-state index < -0.39 is 11.6 Å². The summed E-state index contributed by atoms with van der Waals surface area (Å²) in [4.78, 5) is 12.2. The SMILES string of the molecule is CCC(C(=O)Nc1cc(F)cc(F)c1)c1ccccc1. The van der Waals surface area contributed by atoms with Crippen LogP contribution in [0.5, 0.6) is 0 Å². The van der Waals surface area contributed by atoms with E-state index in [0.29, 0.717) is 6.42 Å². The van der Waals surface area contributed by atoms with Crippen molar-refractivity contribution < 1.29 is 13.6 Å². The lowest BCUT2D eigenvalue weighted by Crippen LogP contribution is -2.20. The van der Waals surface area contributed by atoms with Crippen LogP contribution >= 0.6 is 0 Å². The Morgan fingerprint density at radius 1 is 1.10 bits per heavy atom. The van der Waals surface area contributed by atoms with Gasteiger partial charge < -0.3 is 5.32 Å². The first kappa shape index (κ1) is 14.2. The number of anilines is 1. The lowest BCUT2D eigenvalue weighted by Gasteiger charge is -2.15.